The molecule has 0 atom stereocenters. The van der Waals surface area contributed by atoms with Crippen molar-refractivity contribution >= 4 is 39.1 Å². The lowest BCUT2D eigenvalue weighted by molar-refractivity contribution is 0.255. The van der Waals surface area contributed by atoms with E-state index in [0.717, 1.165) is 15.2 Å². The van der Waals surface area contributed by atoms with Gasteiger partial charge in [-0.15, -0.1) is 0 Å². The summed E-state index contributed by atoms with van der Waals surface area (Å²) in [6.45, 7) is -3.11. The van der Waals surface area contributed by atoms with Crippen LogP contribution in [-0.2, 0) is 10.2 Å². The number of piperidine rings is 1. The van der Waals surface area contributed by atoms with Gasteiger partial charge >= 0.3 is 10.2 Å². The minimum Gasteiger partial charge on any atom is -0.266 e. The number of nitrogens with zero attached hydrogens (tertiary/aromatic N) is 6. The minimum atomic E-state index is -4.46. The van der Waals surface area contributed by atoms with Gasteiger partial charge in [-0.1, -0.05) is 23.2 Å². The van der Waals surface area contributed by atoms with Gasteiger partial charge in [0.05, 0.1) is 29.1 Å². The molecule has 1 aliphatic heterocycles. The van der Waals surface area contributed by atoms with Crippen LogP contribution in [0.2, 0.25) is 10.0 Å². The Kier molecular flexibility index (Phi) is 4.81. The van der Waals surface area contributed by atoms with Gasteiger partial charge in [0.2, 0.25) is 0 Å². The maximum Gasteiger partial charge on any atom is 0.303 e. The van der Waals surface area contributed by atoms with Crippen LogP contribution in [0.3, 0.4) is 0 Å². The first-order valence-electron chi connectivity index (χ1n) is 9.56. The van der Waals surface area contributed by atoms with Crippen molar-refractivity contribution in [2.45, 2.75) is 18.9 Å². The molecule has 0 spiro atoms. The number of hydrogen-bond donors (Lipinski definition) is 0. The van der Waals surface area contributed by atoms with Crippen LogP contribution in [0.5, 0.6) is 0 Å². The summed E-state index contributed by atoms with van der Waals surface area (Å²) in [4.78, 5) is 16.0. The molecule has 148 valence electrons. The van der Waals surface area contributed by atoms with Crippen molar-refractivity contribution in [2.75, 3.05) is 24.4 Å². The van der Waals surface area contributed by atoms with Crippen molar-refractivity contribution in [2.24, 2.45) is 0 Å². The molecular weight excluding hydrogens is 427 g/mol. The molecule has 1 aliphatic rings. The summed E-state index contributed by atoms with van der Waals surface area (Å²) in [5, 5.41) is 12.7. The molecule has 0 bridgehead atoms. The Balaban J connectivity index is 1.85. The molecule has 1 fully saturated rings. The average Bonchev–Trinajstić information content (AvgIpc) is 2.72. The summed E-state index contributed by atoms with van der Waals surface area (Å²) in [6.07, 6.45) is 2.69. The van der Waals surface area contributed by atoms with Gasteiger partial charge in [-0.05, 0) is 25.0 Å². The lowest BCUT2D eigenvalue weighted by Crippen LogP contribution is -2.47. The first-order valence-corrected chi connectivity index (χ1v) is 10.2. The Morgan fingerprint density at radius 3 is 2.61 bits per heavy atom. The SMILES string of the molecule is [2H]C([2H])([2H])N(c1ccc(C#N)nc1)S(=O)(=O)N1CCC(n2ncc(Cl)c(Cl)c2=O)CC1. The Bertz CT molecular complexity index is 1170. The molecule has 0 aromatic carbocycles. The third kappa shape index (κ3) is 3.84. The van der Waals surface area contributed by atoms with Crippen molar-refractivity contribution < 1.29 is 12.5 Å². The topological polar surface area (TPSA) is 112 Å². The van der Waals surface area contributed by atoms with E-state index in [9.17, 15) is 13.2 Å². The molecule has 9 nitrogen and oxygen atoms in total. The smallest absolute Gasteiger partial charge is 0.266 e. The van der Waals surface area contributed by atoms with Crippen LogP contribution in [0.1, 0.15) is 28.7 Å². The molecule has 3 rings (SSSR count). The quantitative estimate of drug-likeness (QED) is 0.709. The molecule has 0 N–H and O–H groups in total. The summed E-state index contributed by atoms with van der Waals surface area (Å²) >= 11 is 11.7. The number of anilines is 1. The molecular formula is C16H16Cl2N6O3S. The maximum absolute atomic E-state index is 13.2. The fourth-order valence-electron chi connectivity index (χ4n) is 2.82. The fraction of sp³-hybridized carbons (Fsp3) is 0.375. The predicted octanol–water partition coefficient (Wildman–Crippen LogP) is 1.83. The summed E-state index contributed by atoms with van der Waals surface area (Å²) < 4.78 is 52.0. The van der Waals surface area contributed by atoms with E-state index in [-0.39, 0.29) is 47.4 Å². The second kappa shape index (κ2) is 8.05. The molecule has 3 heterocycles. The number of nitriles is 1. The van der Waals surface area contributed by atoms with E-state index in [4.69, 9.17) is 32.6 Å². The largest absolute Gasteiger partial charge is 0.303 e. The molecule has 0 saturated carbocycles. The van der Waals surface area contributed by atoms with Gasteiger partial charge < -0.3 is 0 Å². The van der Waals surface area contributed by atoms with Crippen molar-refractivity contribution in [1.82, 2.24) is 19.1 Å². The molecule has 28 heavy (non-hydrogen) atoms. The number of rotatable bonds is 4. The van der Waals surface area contributed by atoms with Crippen molar-refractivity contribution in [1.29, 1.82) is 5.26 Å². The standard InChI is InChI=1S/C16H16Cl2N6O3S/c1-22(13-3-2-11(8-19)20-9-13)28(26,27)23-6-4-12(5-7-23)24-16(25)15(18)14(17)10-21-24/h2-3,9-10,12H,4-7H2,1H3/i1D3. The van der Waals surface area contributed by atoms with Crippen LogP contribution in [-0.4, -0.2) is 47.6 Å². The van der Waals surface area contributed by atoms with Gasteiger partial charge in [0.1, 0.15) is 16.8 Å². The highest BCUT2D eigenvalue weighted by molar-refractivity contribution is 7.90. The van der Waals surface area contributed by atoms with Crippen molar-refractivity contribution in [3.05, 3.63) is 50.6 Å². The van der Waals surface area contributed by atoms with Gasteiger partial charge in [-0.3, -0.25) is 9.10 Å². The minimum absolute atomic E-state index is 0.0204. The first-order chi connectivity index (χ1) is 14.5. The Labute approximate surface area is 176 Å². The summed E-state index contributed by atoms with van der Waals surface area (Å²) in [5.74, 6) is 0. The number of pyridine rings is 1. The second-order valence-electron chi connectivity index (χ2n) is 5.97. The van der Waals surface area contributed by atoms with Crippen molar-refractivity contribution in [3.8, 4) is 6.07 Å². The zero-order valence-electron chi connectivity index (χ0n) is 17.3. The first kappa shape index (κ1) is 16.7. The molecule has 1 saturated heterocycles. The van der Waals surface area contributed by atoms with Gasteiger partial charge in [-0.2, -0.15) is 23.1 Å². The molecule has 0 aliphatic carbocycles. The highest BCUT2D eigenvalue weighted by Crippen LogP contribution is 2.26. The molecule has 0 amide bonds. The van der Waals surface area contributed by atoms with Crippen LogP contribution < -0.4 is 9.86 Å². The van der Waals surface area contributed by atoms with E-state index >= 15 is 0 Å². The third-order valence-electron chi connectivity index (χ3n) is 4.32. The zero-order chi connectivity index (χ0) is 23.0. The highest BCUT2D eigenvalue weighted by atomic mass is 35.5. The van der Waals surface area contributed by atoms with E-state index < -0.39 is 28.8 Å². The average molecular weight is 446 g/mol. The van der Waals surface area contributed by atoms with E-state index in [0.29, 0.717) is 4.31 Å². The third-order valence-corrected chi connectivity index (χ3v) is 6.76. The second-order valence-corrected chi connectivity index (χ2v) is 8.53. The van der Waals surface area contributed by atoms with E-state index in [1.54, 1.807) is 6.07 Å². The van der Waals surface area contributed by atoms with E-state index in [2.05, 4.69) is 10.1 Å². The molecule has 2 aromatic heterocycles. The van der Waals surface area contributed by atoms with Gasteiger partial charge in [0.25, 0.3) is 5.56 Å². The number of aromatic nitrogens is 3. The maximum atomic E-state index is 13.2. The predicted molar refractivity (Wildman–Crippen MR) is 105 cm³/mol. The lowest BCUT2D eigenvalue weighted by atomic mass is 10.1. The van der Waals surface area contributed by atoms with Crippen LogP contribution >= 0.6 is 23.2 Å². The molecule has 2 aromatic rings. The number of halogens is 2. The Morgan fingerprint density at radius 2 is 2.04 bits per heavy atom. The van der Waals surface area contributed by atoms with Crippen molar-refractivity contribution in [3.63, 3.8) is 0 Å². The molecule has 12 heteroatoms. The summed E-state index contributed by atoms with van der Waals surface area (Å²) in [5.41, 5.74) is -0.751. The lowest BCUT2D eigenvalue weighted by Gasteiger charge is -2.34. The monoisotopic (exact) mass is 445 g/mol. The van der Waals surface area contributed by atoms with E-state index in [1.807, 2.05) is 0 Å². The molecule has 0 radical (unpaired) electrons. The Morgan fingerprint density at radius 1 is 1.32 bits per heavy atom. The van der Waals surface area contributed by atoms with Gasteiger partial charge in [-0.25, -0.2) is 9.67 Å². The Hall–Kier alpha value is -2.19. The summed E-state index contributed by atoms with van der Waals surface area (Å²) in [7, 11) is -4.46. The highest BCUT2D eigenvalue weighted by Gasteiger charge is 2.33. The zero-order valence-corrected chi connectivity index (χ0v) is 16.6. The van der Waals surface area contributed by atoms with Crippen LogP contribution in [0.25, 0.3) is 0 Å². The van der Waals surface area contributed by atoms with E-state index in [1.165, 1.54) is 18.3 Å². The molecule has 0 unspecified atom stereocenters. The van der Waals surface area contributed by atoms with Crippen LogP contribution in [0, 0.1) is 11.3 Å². The van der Waals surface area contributed by atoms with Crippen LogP contribution in [0.15, 0.2) is 29.3 Å². The van der Waals surface area contributed by atoms with Crippen LogP contribution in [0.4, 0.5) is 5.69 Å². The van der Waals surface area contributed by atoms with Gasteiger partial charge in [0, 0.05) is 24.2 Å². The normalized spacial score (nSPS) is 18.0. The fourth-order valence-corrected chi connectivity index (χ4v) is 4.36. The number of hydrogen-bond acceptors (Lipinski definition) is 6. The van der Waals surface area contributed by atoms with Gasteiger partial charge in [0.15, 0.2) is 0 Å². The summed E-state index contributed by atoms with van der Waals surface area (Å²) in [6, 6.07) is 3.80.